The van der Waals surface area contributed by atoms with Crippen LogP contribution < -0.4 is 4.74 Å². The molecule has 23 heavy (non-hydrogen) atoms. The van der Waals surface area contributed by atoms with Gasteiger partial charge in [0.1, 0.15) is 0 Å². The molecule has 3 rings (SSSR count). The first-order chi connectivity index (χ1) is 11.0. The Kier molecular flexibility index (Phi) is 4.32. The van der Waals surface area contributed by atoms with E-state index < -0.39 is 0 Å². The van der Waals surface area contributed by atoms with Crippen LogP contribution in [-0.2, 0) is 7.05 Å². The fourth-order valence-electron chi connectivity index (χ4n) is 2.95. The van der Waals surface area contributed by atoms with E-state index in [9.17, 15) is 4.79 Å². The second kappa shape index (κ2) is 6.40. The monoisotopic (exact) mass is 314 g/mol. The van der Waals surface area contributed by atoms with Gasteiger partial charge in [-0.05, 0) is 32.8 Å². The van der Waals surface area contributed by atoms with E-state index in [0.29, 0.717) is 11.4 Å². The van der Waals surface area contributed by atoms with Gasteiger partial charge in [-0.3, -0.25) is 9.48 Å². The van der Waals surface area contributed by atoms with Crippen molar-refractivity contribution >= 4 is 5.91 Å². The minimum atomic E-state index is 0.0138. The number of hydrogen-bond donors (Lipinski definition) is 0. The Hall–Kier alpha value is -2.37. The van der Waals surface area contributed by atoms with Crippen molar-refractivity contribution in [1.29, 1.82) is 0 Å². The first-order valence-electron chi connectivity index (χ1n) is 7.97. The zero-order valence-electron chi connectivity index (χ0n) is 13.8. The van der Waals surface area contributed by atoms with Gasteiger partial charge in [-0.1, -0.05) is 0 Å². The Labute approximate surface area is 136 Å². The second-order valence-corrected chi connectivity index (χ2v) is 6.16. The molecule has 1 aliphatic heterocycles. The van der Waals surface area contributed by atoms with Gasteiger partial charge in [-0.2, -0.15) is 5.10 Å². The van der Waals surface area contributed by atoms with Gasteiger partial charge in [-0.15, -0.1) is 0 Å². The maximum absolute atomic E-state index is 12.8. The van der Waals surface area contributed by atoms with E-state index in [0.717, 1.165) is 24.9 Å². The summed E-state index contributed by atoms with van der Waals surface area (Å²) in [6, 6.07) is 3.64. The number of pyridine rings is 1. The predicted molar refractivity (Wildman–Crippen MR) is 86.2 cm³/mol. The van der Waals surface area contributed by atoms with Gasteiger partial charge < -0.3 is 9.64 Å². The molecule has 0 radical (unpaired) electrons. The van der Waals surface area contributed by atoms with E-state index >= 15 is 0 Å². The number of amides is 1. The van der Waals surface area contributed by atoms with Gasteiger partial charge in [0.15, 0.2) is 0 Å². The molecule has 0 aromatic carbocycles. The van der Waals surface area contributed by atoms with Gasteiger partial charge in [0, 0.05) is 37.6 Å². The minimum absolute atomic E-state index is 0.0138. The Morgan fingerprint density at radius 2 is 2.17 bits per heavy atom. The average molecular weight is 314 g/mol. The highest BCUT2D eigenvalue weighted by atomic mass is 16.5. The largest absolute Gasteiger partial charge is 0.475 e. The van der Waals surface area contributed by atoms with Crippen LogP contribution in [0.1, 0.15) is 48.7 Å². The van der Waals surface area contributed by atoms with Gasteiger partial charge in [0.05, 0.1) is 23.9 Å². The lowest BCUT2D eigenvalue weighted by Crippen LogP contribution is -2.30. The van der Waals surface area contributed by atoms with E-state index in [4.69, 9.17) is 4.74 Å². The Morgan fingerprint density at radius 3 is 2.78 bits per heavy atom. The standard InChI is InChI=1S/C17H22N4O2/c1-12(2)23-16-7-6-13(9-18-16)17(22)21-8-4-5-15(21)14-10-19-20(3)11-14/h6-7,9-12,15H,4-5,8H2,1-3H3/t15-/m0/s1. The molecule has 3 heterocycles. The van der Waals surface area contributed by atoms with E-state index in [2.05, 4.69) is 10.1 Å². The lowest BCUT2D eigenvalue weighted by molar-refractivity contribution is 0.0735. The van der Waals surface area contributed by atoms with Crippen molar-refractivity contribution in [2.24, 2.45) is 7.05 Å². The summed E-state index contributed by atoms with van der Waals surface area (Å²) in [5.41, 5.74) is 1.68. The third-order valence-corrected chi connectivity index (χ3v) is 3.96. The zero-order chi connectivity index (χ0) is 16.4. The normalized spacial score (nSPS) is 17.7. The van der Waals surface area contributed by atoms with Gasteiger partial charge in [0.25, 0.3) is 5.91 Å². The topological polar surface area (TPSA) is 60.2 Å². The predicted octanol–water partition coefficient (Wildman–Crippen LogP) is 2.58. The van der Waals surface area contributed by atoms with Crippen LogP contribution in [0.25, 0.3) is 0 Å². The number of aryl methyl sites for hydroxylation is 1. The summed E-state index contributed by atoms with van der Waals surface area (Å²) in [6.07, 6.45) is 7.46. The number of ether oxygens (including phenoxy) is 1. The molecule has 0 unspecified atom stereocenters. The molecule has 2 aromatic heterocycles. The molecule has 1 saturated heterocycles. The molecule has 1 atom stereocenters. The van der Waals surface area contributed by atoms with Crippen LogP contribution >= 0.6 is 0 Å². The van der Waals surface area contributed by atoms with Crippen LogP contribution in [0.2, 0.25) is 0 Å². The van der Waals surface area contributed by atoms with Crippen LogP contribution in [0.5, 0.6) is 5.88 Å². The Balaban J connectivity index is 1.76. The molecule has 6 heteroatoms. The third kappa shape index (κ3) is 3.36. The second-order valence-electron chi connectivity index (χ2n) is 6.16. The number of carbonyl (C=O) groups is 1. The summed E-state index contributed by atoms with van der Waals surface area (Å²) >= 11 is 0. The van der Waals surface area contributed by atoms with Crippen LogP contribution in [0.4, 0.5) is 0 Å². The van der Waals surface area contributed by atoms with Crippen molar-refractivity contribution in [2.75, 3.05) is 6.54 Å². The number of likely N-dealkylation sites (tertiary alicyclic amines) is 1. The number of hydrogen-bond acceptors (Lipinski definition) is 4. The molecule has 6 nitrogen and oxygen atoms in total. The summed E-state index contributed by atoms with van der Waals surface area (Å²) < 4.78 is 7.29. The molecule has 0 bridgehead atoms. The molecule has 1 fully saturated rings. The molecule has 1 aliphatic rings. The highest BCUT2D eigenvalue weighted by Gasteiger charge is 2.31. The maximum Gasteiger partial charge on any atom is 0.255 e. The van der Waals surface area contributed by atoms with E-state index in [1.807, 2.05) is 38.2 Å². The quantitative estimate of drug-likeness (QED) is 0.870. The fourth-order valence-corrected chi connectivity index (χ4v) is 2.95. The lowest BCUT2D eigenvalue weighted by Gasteiger charge is -2.24. The SMILES string of the molecule is CC(C)Oc1ccc(C(=O)N2CCC[C@H]2c2cnn(C)c2)cn1. The molecular formula is C17H22N4O2. The highest BCUT2D eigenvalue weighted by Crippen LogP contribution is 2.32. The van der Waals surface area contributed by atoms with Gasteiger partial charge in [0.2, 0.25) is 5.88 Å². The summed E-state index contributed by atoms with van der Waals surface area (Å²) in [5, 5.41) is 4.22. The first kappa shape index (κ1) is 15.5. The maximum atomic E-state index is 12.8. The van der Waals surface area contributed by atoms with Crippen LogP contribution in [0, 0.1) is 0 Å². The van der Waals surface area contributed by atoms with Gasteiger partial charge in [-0.25, -0.2) is 4.98 Å². The van der Waals surface area contributed by atoms with Crippen LogP contribution in [-0.4, -0.2) is 38.2 Å². The molecule has 0 aliphatic carbocycles. The molecule has 1 amide bonds. The highest BCUT2D eigenvalue weighted by molar-refractivity contribution is 5.94. The summed E-state index contributed by atoms with van der Waals surface area (Å²) in [5.74, 6) is 0.557. The minimum Gasteiger partial charge on any atom is -0.475 e. The van der Waals surface area contributed by atoms with Crippen LogP contribution in [0.3, 0.4) is 0 Å². The van der Waals surface area contributed by atoms with Crippen molar-refractivity contribution < 1.29 is 9.53 Å². The lowest BCUT2D eigenvalue weighted by atomic mass is 10.1. The molecule has 0 spiro atoms. The third-order valence-electron chi connectivity index (χ3n) is 3.96. The van der Waals surface area contributed by atoms with Crippen molar-refractivity contribution in [3.63, 3.8) is 0 Å². The number of nitrogens with zero attached hydrogens (tertiary/aromatic N) is 4. The molecular weight excluding hydrogens is 292 g/mol. The zero-order valence-corrected chi connectivity index (χ0v) is 13.8. The molecule has 122 valence electrons. The summed E-state index contributed by atoms with van der Waals surface area (Å²) in [6.45, 7) is 4.66. The Morgan fingerprint density at radius 1 is 1.35 bits per heavy atom. The number of carbonyl (C=O) groups excluding carboxylic acids is 1. The molecule has 0 saturated carbocycles. The van der Waals surface area contributed by atoms with Crippen molar-refractivity contribution in [1.82, 2.24) is 19.7 Å². The van der Waals surface area contributed by atoms with Crippen molar-refractivity contribution in [3.05, 3.63) is 41.9 Å². The summed E-state index contributed by atoms with van der Waals surface area (Å²) in [7, 11) is 1.89. The molecule has 2 aromatic rings. The van der Waals surface area contributed by atoms with E-state index in [1.165, 1.54) is 0 Å². The number of rotatable bonds is 4. The van der Waals surface area contributed by atoms with Crippen LogP contribution in [0.15, 0.2) is 30.7 Å². The van der Waals surface area contributed by atoms with E-state index in [-0.39, 0.29) is 18.1 Å². The smallest absolute Gasteiger partial charge is 0.255 e. The first-order valence-corrected chi connectivity index (χ1v) is 7.97. The number of aromatic nitrogens is 3. The molecule has 0 N–H and O–H groups in total. The van der Waals surface area contributed by atoms with E-state index in [1.54, 1.807) is 23.0 Å². The Bertz CT molecular complexity index is 678. The fraction of sp³-hybridized carbons (Fsp3) is 0.471. The van der Waals surface area contributed by atoms with Crippen molar-refractivity contribution in [2.45, 2.75) is 38.8 Å². The summed E-state index contributed by atoms with van der Waals surface area (Å²) in [4.78, 5) is 18.9. The van der Waals surface area contributed by atoms with Crippen molar-refractivity contribution in [3.8, 4) is 5.88 Å². The van der Waals surface area contributed by atoms with Gasteiger partial charge >= 0.3 is 0 Å². The average Bonchev–Trinajstić information content (AvgIpc) is 3.15.